The van der Waals surface area contributed by atoms with Gasteiger partial charge in [-0.15, -0.1) is 0 Å². The molecule has 72 valence electrons. The zero-order valence-corrected chi connectivity index (χ0v) is 8.00. The Balaban J connectivity index is 1.88. The molecule has 0 aliphatic carbocycles. The minimum atomic E-state index is 0.509. The number of hydrogen-bond donors (Lipinski definition) is 1. The first-order valence-electron chi connectivity index (χ1n) is 5.26. The summed E-state index contributed by atoms with van der Waals surface area (Å²) in [4.78, 5) is 2.58. The second-order valence-electron chi connectivity index (χ2n) is 4.03. The molecule has 2 saturated heterocycles. The first-order chi connectivity index (χ1) is 6.42. The molecule has 0 radical (unpaired) electrons. The standard InChI is InChI=1S/C10H17N3/c11-5-6-12-9-4-8-13-7-2-1-3-10(9)13/h9-10,12H,1-4,6-8H2. The topological polar surface area (TPSA) is 39.1 Å². The largest absolute Gasteiger partial charge is 0.300 e. The molecule has 2 aliphatic rings. The van der Waals surface area contributed by atoms with E-state index < -0.39 is 0 Å². The molecule has 0 aromatic carbocycles. The van der Waals surface area contributed by atoms with Crippen molar-refractivity contribution in [2.75, 3.05) is 19.6 Å². The Bertz CT molecular complexity index is 209. The molecule has 0 aromatic heterocycles. The Morgan fingerprint density at radius 1 is 1.31 bits per heavy atom. The van der Waals surface area contributed by atoms with Gasteiger partial charge in [0.1, 0.15) is 0 Å². The average molecular weight is 179 g/mol. The van der Waals surface area contributed by atoms with Crippen LogP contribution >= 0.6 is 0 Å². The van der Waals surface area contributed by atoms with Crippen molar-refractivity contribution in [1.29, 1.82) is 5.26 Å². The normalized spacial score (nSPS) is 34.1. The number of piperidine rings is 1. The summed E-state index contributed by atoms with van der Waals surface area (Å²) >= 11 is 0. The zero-order chi connectivity index (χ0) is 9.10. The second-order valence-corrected chi connectivity index (χ2v) is 4.03. The maximum absolute atomic E-state index is 8.50. The summed E-state index contributed by atoms with van der Waals surface area (Å²) in [5.41, 5.74) is 0. The molecule has 0 spiro atoms. The predicted molar refractivity (Wildman–Crippen MR) is 51.2 cm³/mol. The second kappa shape index (κ2) is 4.08. The van der Waals surface area contributed by atoms with E-state index in [0.29, 0.717) is 12.6 Å². The van der Waals surface area contributed by atoms with E-state index >= 15 is 0 Å². The van der Waals surface area contributed by atoms with E-state index in [1.807, 2.05) is 0 Å². The number of nitriles is 1. The lowest BCUT2D eigenvalue weighted by Crippen LogP contribution is -2.44. The Morgan fingerprint density at radius 3 is 3.08 bits per heavy atom. The lowest BCUT2D eigenvalue weighted by Gasteiger charge is -2.32. The maximum atomic E-state index is 8.50. The van der Waals surface area contributed by atoms with Gasteiger partial charge < -0.3 is 5.32 Å². The lowest BCUT2D eigenvalue weighted by atomic mass is 9.99. The molecular weight excluding hydrogens is 162 g/mol. The van der Waals surface area contributed by atoms with E-state index in [-0.39, 0.29) is 0 Å². The van der Waals surface area contributed by atoms with Gasteiger partial charge in [0.15, 0.2) is 0 Å². The molecule has 0 saturated carbocycles. The van der Waals surface area contributed by atoms with Crippen molar-refractivity contribution in [3.63, 3.8) is 0 Å². The number of hydrogen-bond acceptors (Lipinski definition) is 3. The van der Waals surface area contributed by atoms with Crippen LogP contribution in [0.4, 0.5) is 0 Å². The summed E-state index contributed by atoms with van der Waals surface area (Å²) < 4.78 is 0. The number of nitrogens with zero attached hydrogens (tertiary/aromatic N) is 2. The van der Waals surface area contributed by atoms with Crippen LogP contribution in [0.5, 0.6) is 0 Å². The van der Waals surface area contributed by atoms with Crippen LogP contribution in [0.1, 0.15) is 25.7 Å². The molecule has 2 rings (SSSR count). The Kier molecular flexibility index (Phi) is 2.82. The van der Waals surface area contributed by atoms with Crippen LogP contribution in [-0.2, 0) is 0 Å². The molecule has 13 heavy (non-hydrogen) atoms. The smallest absolute Gasteiger partial charge is 0.0843 e. The van der Waals surface area contributed by atoms with Crippen molar-refractivity contribution >= 4 is 0 Å². The van der Waals surface area contributed by atoms with Crippen molar-refractivity contribution in [2.45, 2.75) is 37.8 Å². The third kappa shape index (κ3) is 1.84. The molecule has 0 bridgehead atoms. The monoisotopic (exact) mass is 179 g/mol. The molecule has 2 aliphatic heterocycles. The van der Waals surface area contributed by atoms with Crippen LogP contribution in [0.25, 0.3) is 0 Å². The molecule has 2 heterocycles. The van der Waals surface area contributed by atoms with Gasteiger partial charge in [-0.3, -0.25) is 4.90 Å². The van der Waals surface area contributed by atoms with Gasteiger partial charge in [-0.05, 0) is 25.8 Å². The van der Waals surface area contributed by atoms with Crippen LogP contribution in [0.2, 0.25) is 0 Å². The Hall–Kier alpha value is -0.590. The maximum Gasteiger partial charge on any atom is 0.0843 e. The molecule has 2 fully saturated rings. The van der Waals surface area contributed by atoms with E-state index in [1.165, 1.54) is 38.8 Å². The minimum Gasteiger partial charge on any atom is -0.300 e. The van der Waals surface area contributed by atoms with E-state index in [0.717, 1.165) is 6.04 Å². The highest BCUT2D eigenvalue weighted by molar-refractivity contribution is 4.95. The van der Waals surface area contributed by atoms with Gasteiger partial charge in [0.05, 0.1) is 12.6 Å². The molecular formula is C10H17N3. The predicted octanol–water partition coefficient (Wildman–Crippen LogP) is 0.726. The SMILES string of the molecule is N#CCNC1CCN2CCCCC12. The first kappa shape index (κ1) is 8.98. The Morgan fingerprint density at radius 2 is 2.23 bits per heavy atom. The highest BCUT2D eigenvalue weighted by Gasteiger charge is 2.34. The van der Waals surface area contributed by atoms with Crippen molar-refractivity contribution < 1.29 is 0 Å². The quantitative estimate of drug-likeness (QED) is 0.635. The summed E-state index contributed by atoms with van der Waals surface area (Å²) in [6.07, 6.45) is 5.28. The zero-order valence-electron chi connectivity index (χ0n) is 8.00. The molecule has 3 heteroatoms. The van der Waals surface area contributed by atoms with Crippen LogP contribution in [0.3, 0.4) is 0 Å². The fraction of sp³-hybridized carbons (Fsp3) is 0.900. The van der Waals surface area contributed by atoms with Crippen LogP contribution in [-0.4, -0.2) is 36.6 Å². The fourth-order valence-corrected chi connectivity index (χ4v) is 2.66. The molecule has 2 atom stereocenters. The van der Waals surface area contributed by atoms with Crippen molar-refractivity contribution in [2.24, 2.45) is 0 Å². The highest BCUT2D eigenvalue weighted by atomic mass is 15.2. The van der Waals surface area contributed by atoms with Gasteiger partial charge in [-0.25, -0.2) is 0 Å². The number of nitrogens with one attached hydrogen (secondary N) is 1. The third-order valence-corrected chi connectivity index (χ3v) is 3.30. The summed E-state index contributed by atoms with van der Waals surface area (Å²) in [6, 6.07) is 3.47. The summed E-state index contributed by atoms with van der Waals surface area (Å²) in [5.74, 6) is 0. The molecule has 0 amide bonds. The molecule has 1 N–H and O–H groups in total. The summed E-state index contributed by atoms with van der Waals surface area (Å²) in [7, 11) is 0. The van der Waals surface area contributed by atoms with Gasteiger partial charge in [0.25, 0.3) is 0 Å². The molecule has 0 aromatic rings. The van der Waals surface area contributed by atoms with Crippen molar-refractivity contribution in [3.05, 3.63) is 0 Å². The molecule has 2 unspecified atom stereocenters. The number of rotatable bonds is 2. The van der Waals surface area contributed by atoms with E-state index in [1.54, 1.807) is 0 Å². The van der Waals surface area contributed by atoms with Crippen LogP contribution in [0, 0.1) is 11.3 Å². The van der Waals surface area contributed by atoms with E-state index in [2.05, 4.69) is 16.3 Å². The highest BCUT2D eigenvalue weighted by Crippen LogP contribution is 2.26. The first-order valence-corrected chi connectivity index (χ1v) is 5.26. The van der Waals surface area contributed by atoms with Crippen molar-refractivity contribution in [3.8, 4) is 6.07 Å². The average Bonchev–Trinajstić information content (AvgIpc) is 2.58. The van der Waals surface area contributed by atoms with Crippen LogP contribution < -0.4 is 5.32 Å². The van der Waals surface area contributed by atoms with Gasteiger partial charge in [0, 0.05) is 18.6 Å². The van der Waals surface area contributed by atoms with Gasteiger partial charge in [0.2, 0.25) is 0 Å². The van der Waals surface area contributed by atoms with E-state index in [4.69, 9.17) is 5.26 Å². The summed E-state index contributed by atoms with van der Waals surface area (Å²) in [5, 5.41) is 11.8. The Labute approximate surface area is 79.7 Å². The fourth-order valence-electron chi connectivity index (χ4n) is 2.66. The van der Waals surface area contributed by atoms with Gasteiger partial charge in [-0.1, -0.05) is 6.42 Å². The minimum absolute atomic E-state index is 0.509. The van der Waals surface area contributed by atoms with Crippen LogP contribution in [0.15, 0.2) is 0 Å². The van der Waals surface area contributed by atoms with Crippen molar-refractivity contribution in [1.82, 2.24) is 10.2 Å². The number of fused-ring (bicyclic) bond motifs is 1. The van der Waals surface area contributed by atoms with E-state index in [9.17, 15) is 0 Å². The van der Waals surface area contributed by atoms with Gasteiger partial charge in [-0.2, -0.15) is 5.26 Å². The third-order valence-electron chi connectivity index (χ3n) is 3.30. The summed E-state index contributed by atoms with van der Waals surface area (Å²) in [6.45, 7) is 3.01. The van der Waals surface area contributed by atoms with Gasteiger partial charge >= 0.3 is 0 Å². The molecule has 3 nitrogen and oxygen atoms in total. The lowest BCUT2D eigenvalue weighted by molar-refractivity contribution is 0.182.